The van der Waals surface area contributed by atoms with E-state index in [0.717, 1.165) is 87.3 Å². The molecule has 0 amide bonds. The molecule has 0 aromatic carbocycles. The highest BCUT2D eigenvalue weighted by Gasteiger charge is 2.59. The summed E-state index contributed by atoms with van der Waals surface area (Å²) >= 11 is 0. The van der Waals surface area contributed by atoms with Crippen LogP contribution in [0.3, 0.4) is 0 Å². The van der Waals surface area contributed by atoms with Crippen LogP contribution in [0.15, 0.2) is 36.0 Å². The number of allylic oxidation sites excluding steroid dienone is 5. The van der Waals surface area contributed by atoms with Crippen molar-refractivity contribution in [2.45, 2.75) is 246 Å². The maximum Gasteiger partial charge on any atom is 0.306 e. The first kappa shape index (κ1) is 56.0. The topological polar surface area (TPSA) is 74.3 Å². The average Bonchev–Trinajstić information content (AvgIpc) is 3.88. The van der Waals surface area contributed by atoms with Crippen molar-refractivity contribution in [3.8, 4) is 0 Å². The maximum atomic E-state index is 13.0. The van der Waals surface area contributed by atoms with E-state index in [1.54, 1.807) is 0 Å². The fraction of sp³-hybridized carbons (Fsp3) is 0.867. The molecule has 5 aliphatic rings. The Morgan fingerprint density at radius 1 is 0.776 bits per heavy atom. The lowest BCUT2D eigenvalue weighted by Gasteiger charge is -2.58. The van der Waals surface area contributed by atoms with Gasteiger partial charge in [0.05, 0.1) is 38.8 Å². The van der Waals surface area contributed by atoms with Gasteiger partial charge >= 0.3 is 11.9 Å². The second-order valence-corrected chi connectivity index (χ2v) is 23.4. The van der Waals surface area contributed by atoms with Crippen molar-refractivity contribution in [2.75, 3.05) is 39.5 Å². The first-order chi connectivity index (χ1) is 32.4. The molecule has 7 heteroatoms. The Bertz CT molecular complexity index is 1500. The monoisotopic (exact) mass is 934 g/mol. The summed E-state index contributed by atoms with van der Waals surface area (Å²) < 4.78 is 24.1. The molecule has 1 heterocycles. The molecule has 4 fully saturated rings. The van der Waals surface area contributed by atoms with Crippen LogP contribution in [0.25, 0.3) is 0 Å². The second kappa shape index (κ2) is 30.0. The fourth-order valence-electron chi connectivity index (χ4n) is 13.9. The zero-order valence-electron chi connectivity index (χ0n) is 44.5. The van der Waals surface area contributed by atoms with Crippen LogP contribution in [-0.2, 0) is 28.5 Å². The van der Waals surface area contributed by atoms with E-state index < -0.39 is 0 Å². The first-order valence-electron chi connectivity index (χ1n) is 28.7. The highest BCUT2D eigenvalue weighted by molar-refractivity contribution is 5.77. The standard InChI is InChI=1S/C60H103NO6/c1-8-9-10-11-12-13-14-15-16-17-18-19-20-21-22-23-41-64-46-52(45-61-40-25-29-49(61)5)65-42-26-43-66-57(62)34-35-58(63)67-51-36-38-59(6)50(44-51)30-31-53-55-33-32-54(48(4)28-24-27-47(2)3)60(55,7)39-37-56(53)59/h12-13,15-16,30,47-49,51-56H,8-11,14,17-29,31-46H2,1-7H3/t48-,49+,51+,52-,53?,54-,55?,56?,59+,60-/m1/s1. The van der Waals surface area contributed by atoms with Gasteiger partial charge in [0.15, 0.2) is 0 Å². The Hall–Kier alpha value is -1.96. The number of hydrogen-bond acceptors (Lipinski definition) is 7. The van der Waals surface area contributed by atoms with Crippen LogP contribution in [0.2, 0.25) is 0 Å². The normalized spacial score (nSPS) is 29.5. The third-order valence-electron chi connectivity index (χ3n) is 17.9. The molecule has 7 nitrogen and oxygen atoms in total. The molecule has 3 saturated carbocycles. The summed E-state index contributed by atoms with van der Waals surface area (Å²) in [6.45, 7) is 21.3. The summed E-state index contributed by atoms with van der Waals surface area (Å²) in [7, 11) is 0. The maximum absolute atomic E-state index is 13.0. The second-order valence-electron chi connectivity index (χ2n) is 23.4. The Balaban J connectivity index is 0.911. The van der Waals surface area contributed by atoms with Gasteiger partial charge in [0.1, 0.15) is 6.10 Å². The van der Waals surface area contributed by atoms with E-state index in [-0.39, 0.29) is 42.4 Å². The highest BCUT2D eigenvalue weighted by Crippen LogP contribution is 2.67. The van der Waals surface area contributed by atoms with Gasteiger partial charge in [0.25, 0.3) is 0 Å². The summed E-state index contributed by atoms with van der Waals surface area (Å²) in [5.41, 5.74) is 2.26. The molecular formula is C60H103NO6. The summed E-state index contributed by atoms with van der Waals surface area (Å²) in [5.74, 6) is 4.31. The van der Waals surface area contributed by atoms with E-state index in [1.807, 2.05) is 0 Å². The minimum atomic E-state index is -0.336. The number of ether oxygens (including phenoxy) is 4. The summed E-state index contributed by atoms with van der Waals surface area (Å²) in [5, 5.41) is 0. The van der Waals surface area contributed by atoms with E-state index in [2.05, 4.69) is 83.7 Å². The third-order valence-corrected chi connectivity index (χ3v) is 17.9. The van der Waals surface area contributed by atoms with E-state index in [1.165, 1.54) is 134 Å². The third kappa shape index (κ3) is 18.0. The van der Waals surface area contributed by atoms with Crippen LogP contribution in [-0.4, -0.2) is 74.6 Å². The Labute approximate surface area is 412 Å². The predicted octanol–water partition coefficient (Wildman–Crippen LogP) is 15.4. The van der Waals surface area contributed by atoms with Gasteiger partial charge < -0.3 is 18.9 Å². The van der Waals surface area contributed by atoms with Crippen LogP contribution in [0.1, 0.15) is 228 Å². The molecule has 67 heavy (non-hydrogen) atoms. The zero-order chi connectivity index (χ0) is 47.9. The van der Waals surface area contributed by atoms with Gasteiger partial charge in [-0.1, -0.05) is 135 Å². The highest BCUT2D eigenvalue weighted by atomic mass is 16.6. The summed E-state index contributed by atoms with van der Waals surface area (Å²) in [6, 6.07) is 0.577. The van der Waals surface area contributed by atoms with E-state index >= 15 is 0 Å². The number of rotatable bonds is 33. The van der Waals surface area contributed by atoms with Crippen molar-refractivity contribution in [2.24, 2.45) is 46.3 Å². The van der Waals surface area contributed by atoms with Crippen LogP contribution in [0, 0.1) is 46.3 Å². The molecule has 4 aliphatic carbocycles. The summed E-state index contributed by atoms with van der Waals surface area (Å²) in [4.78, 5) is 28.2. The minimum absolute atomic E-state index is 0.00987. The van der Waals surface area contributed by atoms with Crippen molar-refractivity contribution in [1.29, 1.82) is 0 Å². The van der Waals surface area contributed by atoms with E-state index in [9.17, 15) is 9.59 Å². The lowest BCUT2D eigenvalue weighted by atomic mass is 9.47. The van der Waals surface area contributed by atoms with Crippen molar-refractivity contribution >= 4 is 11.9 Å². The van der Waals surface area contributed by atoms with Crippen LogP contribution in [0.4, 0.5) is 0 Å². The Kier molecular flexibility index (Phi) is 25.1. The minimum Gasteiger partial charge on any atom is -0.466 e. The molecule has 1 saturated heterocycles. The lowest BCUT2D eigenvalue weighted by Crippen LogP contribution is -2.51. The van der Waals surface area contributed by atoms with Crippen LogP contribution >= 0.6 is 0 Å². The van der Waals surface area contributed by atoms with Gasteiger partial charge in [-0.05, 0) is 156 Å². The van der Waals surface area contributed by atoms with Crippen molar-refractivity contribution in [1.82, 2.24) is 4.90 Å². The van der Waals surface area contributed by atoms with Gasteiger partial charge in [-0.3, -0.25) is 14.5 Å². The number of carbonyl (C=O) groups is 2. The Morgan fingerprint density at radius 3 is 2.27 bits per heavy atom. The smallest absolute Gasteiger partial charge is 0.306 e. The van der Waals surface area contributed by atoms with Gasteiger partial charge in [-0.25, -0.2) is 0 Å². The molecule has 3 unspecified atom stereocenters. The molecule has 5 rings (SSSR count). The van der Waals surface area contributed by atoms with Crippen molar-refractivity contribution in [3.05, 3.63) is 36.0 Å². The lowest BCUT2D eigenvalue weighted by molar-refractivity contribution is -0.155. The number of esters is 2. The number of likely N-dealkylation sites (tertiary alicyclic amines) is 1. The summed E-state index contributed by atoms with van der Waals surface area (Å²) in [6.07, 6.45) is 43.8. The van der Waals surface area contributed by atoms with Crippen LogP contribution < -0.4 is 0 Å². The van der Waals surface area contributed by atoms with E-state index in [4.69, 9.17) is 18.9 Å². The molecule has 0 bridgehead atoms. The molecule has 0 aromatic heterocycles. The molecular weight excluding hydrogens is 831 g/mol. The van der Waals surface area contributed by atoms with Crippen molar-refractivity contribution in [3.63, 3.8) is 0 Å². The number of unbranched alkanes of at least 4 members (excludes halogenated alkanes) is 9. The zero-order valence-corrected chi connectivity index (χ0v) is 44.5. The molecule has 0 N–H and O–H groups in total. The predicted molar refractivity (Wildman–Crippen MR) is 278 cm³/mol. The molecule has 0 radical (unpaired) electrons. The number of hydrogen-bond donors (Lipinski definition) is 0. The van der Waals surface area contributed by atoms with Crippen LogP contribution in [0.5, 0.6) is 0 Å². The quantitative estimate of drug-likeness (QED) is 0.0369. The van der Waals surface area contributed by atoms with Gasteiger partial charge in [-0.2, -0.15) is 0 Å². The van der Waals surface area contributed by atoms with E-state index in [0.29, 0.717) is 37.7 Å². The first-order valence-corrected chi connectivity index (χ1v) is 28.7. The van der Waals surface area contributed by atoms with Gasteiger partial charge in [0.2, 0.25) is 0 Å². The number of fused-ring (bicyclic) bond motifs is 5. The fourth-order valence-corrected chi connectivity index (χ4v) is 13.9. The van der Waals surface area contributed by atoms with Gasteiger partial charge in [-0.15, -0.1) is 0 Å². The average molecular weight is 934 g/mol. The molecule has 1 aliphatic heterocycles. The number of nitrogens with zero attached hydrogens (tertiary/aromatic N) is 1. The SMILES string of the molecule is CCCCCC=CCC=CCCCCCCCCOC[C@@H](CN1CCC[C@@H]1C)OCCCOC(=O)CCC(=O)O[C@H]1CC[C@@]2(C)C(=CCC3C2CC[C@@]2(C)C3CC[C@@H]2[C@H](C)CCCC(C)C)C1. The van der Waals surface area contributed by atoms with Crippen molar-refractivity contribution < 1.29 is 28.5 Å². The largest absolute Gasteiger partial charge is 0.466 e. The van der Waals surface area contributed by atoms with Gasteiger partial charge in [0, 0.05) is 32.0 Å². The molecule has 0 aromatic rings. The molecule has 10 atom stereocenters. The number of carbonyl (C=O) groups excluding carboxylic acids is 2. The Morgan fingerprint density at radius 2 is 1.52 bits per heavy atom. The molecule has 0 spiro atoms. The molecule has 384 valence electrons.